The van der Waals surface area contributed by atoms with Crippen LogP contribution in [0.1, 0.15) is 5.56 Å². The number of hydrogen-bond donors (Lipinski definition) is 1. The fourth-order valence-corrected chi connectivity index (χ4v) is 2.40. The lowest BCUT2D eigenvalue weighted by Gasteiger charge is -2.27. The zero-order valence-electron chi connectivity index (χ0n) is 10.3. The van der Waals surface area contributed by atoms with Crippen molar-refractivity contribution >= 4 is 15.9 Å². The van der Waals surface area contributed by atoms with Crippen molar-refractivity contribution < 1.29 is 19.3 Å². The maximum atomic E-state index is 10.2. The van der Waals surface area contributed by atoms with Crippen LogP contribution in [-0.4, -0.2) is 44.2 Å². The van der Waals surface area contributed by atoms with Gasteiger partial charge in [-0.3, -0.25) is 0 Å². The molecule has 1 aliphatic rings. The number of ether oxygens (including phenoxy) is 3. The zero-order valence-corrected chi connectivity index (χ0v) is 11.9. The van der Waals surface area contributed by atoms with Gasteiger partial charge in [0.2, 0.25) is 0 Å². The third kappa shape index (κ3) is 3.45. The van der Waals surface area contributed by atoms with Gasteiger partial charge in [-0.2, -0.15) is 0 Å². The van der Waals surface area contributed by atoms with E-state index in [0.29, 0.717) is 26.2 Å². The first-order valence-corrected chi connectivity index (χ1v) is 6.70. The number of rotatable bonds is 4. The van der Waals surface area contributed by atoms with Crippen LogP contribution in [0.25, 0.3) is 0 Å². The van der Waals surface area contributed by atoms with Crippen LogP contribution in [0.2, 0.25) is 0 Å². The molecule has 2 atom stereocenters. The highest BCUT2D eigenvalue weighted by molar-refractivity contribution is 9.10. The van der Waals surface area contributed by atoms with Gasteiger partial charge in [-0.05, 0) is 23.8 Å². The number of benzene rings is 1. The minimum Gasteiger partial charge on any atom is -0.496 e. The molecule has 1 N–H and O–H groups in total. The van der Waals surface area contributed by atoms with Crippen molar-refractivity contribution in [1.82, 2.24) is 0 Å². The summed E-state index contributed by atoms with van der Waals surface area (Å²) in [5, 5.41) is 10.2. The van der Waals surface area contributed by atoms with Crippen molar-refractivity contribution in [1.29, 1.82) is 0 Å². The molecule has 1 saturated heterocycles. The Hall–Kier alpha value is -0.620. The van der Waals surface area contributed by atoms with Crippen LogP contribution < -0.4 is 4.74 Å². The average Bonchev–Trinajstić information content (AvgIpc) is 2.40. The molecule has 18 heavy (non-hydrogen) atoms. The quantitative estimate of drug-likeness (QED) is 0.920. The van der Waals surface area contributed by atoms with Crippen LogP contribution in [0.5, 0.6) is 5.75 Å². The Bertz CT molecular complexity index is 391. The molecule has 1 aromatic carbocycles. The van der Waals surface area contributed by atoms with Crippen molar-refractivity contribution in [3.63, 3.8) is 0 Å². The summed E-state index contributed by atoms with van der Waals surface area (Å²) >= 11 is 3.42. The first kappa shape index (κ1) is 13.8. The van der Waals surface area contributed by atoms with E-state index in [0.717, 1.165) is 15.8 Å². The topological polar surface area (TPSA) is 47.9 Å². The fraction of sp³-hybridized carbons (Fsp3) is 0.538. The Morgan fingerprint density at radius 2 is 2.33 bits per heavy atom. The van der Waals surface area contributed by atoms with E-state index in [1.54, 1.807) is 7.11 Å². The molecule has 0 saturated carbocycles. The number of aliphatic hydroxyl groups is 1. The van der Waals surface area contributed by atoms with Gasteiger partial charge in [-0.15, -0.1) is 0 Å². The molecule has 0 bridgehead atoms. The fourth-order valence-electron chi connectivity index (χ4n) is 1.99. The van der Waals surface area contributed by atoms with Gasteiger partial charge in [0, 0.05) is 10.9 Å². The molecule has 1 aromatic rings. The second-order valence-corrected chi connectivity index (χ2v) is 5.13. The van der Waals surface area contributed by atoms with Crippen molar-refractivity contribution in [3.8, 4) is 5.75 Å². The molecule has 4 nitrogen and oxygen atoms in total. The second-order valence-electron chi connectivity index (χ2n) is 4.21. The van der Waals surface area contributed by atoms with Gasteiger partial charge >= 0.3 is 0 Å². The predicted octanol–water partition coefficient (Wildman–Crippen LogP) is 1.78. The van der Waals surface area contributed by atoms with Crippen LogP contribution in [-0.2, 0) is 15.9 Å². The zero-order chi connectivity index (χ0) is 13.0. The van der Waals surface area contributed by atoms with Crippen molar-refractivity contribution in [2.45, 2.75) is 18.6 Å². The molecule has 0 amide bonds. The summed E-state index contributed by atoms with van der Waals surface area (Å²) < 4.78 is 17.0. The molecule has 0 radical (unpaired) electrons. The summed E-state index contributed by atoms with van der Waals surface area (Å²) in [5.41, 5.74) is 0.952. The van der Waals surface area contributed by atoms with Gasteiger partial charge < -0.3 is 19.3 Å². The van der Waals surface area contributed by atoms with E-state index in [1.165, 1.54) is 0 Å². The molecule has 5 heteroatoms. The molecule has 1 heterocycles. The first-order valence-electron chi connectivity index (χ1n) is 5.90. The highest BCUT2D eigenvalue weighted by Gasteiger charge is 2.24. The standard InChI is InChI=1S/C13H17BrO4/c1-16-12-3-2-10(14)6-9(12)7-11(15)13-8-17-4-5-18-13/h2-3,6,11,13,15H,4-5,7-8H2,1H3. The van der Waals surface area contributed by atoms with Crippen LogP contribution in [0.3, 0.4) is 0 Å². The van der Waals surface area contributed by atoms with Crippen molar-refractivity contribution in [2.75, 3.05) is 26.9 Å². The van der Waals surface area contributed by atoms with Crippen LogP contribution in [0, 0.1) is 0 Å². The Kier molecular flexibility index (Phi) is 5.00. The predicted molar refractivity (Wildman–Crippen MR) is 71.0 cm³/mol. The minimum absolute atomic E-state index is 0.262. The molecule has 1 fully saturated rings. The molecule has 1 aliphatic heterocycles. The number of halogens is 1. The number of methoxy groups -OCH3 is 1. The van der Waals surface area contributed by atoms with Gasteiger partial charge in [0.15, 0.2) is 0 Å². The van der Waals surface area contributed by atoms with Gasteiger partial charge in [0.25, 0.3) is 0 Å². The van der Waals surface area contributed by atoms with E-state index >= 15 is 0 Å². The minimum atomic E-state index is -0.589. The average molecular weight is 317 g/mol. The van der Waals surface area contributed by atoms with Gasteiger partial charge in [0.1, 0.15) is 11.9 Å². The third-order valence-electron chi connectivity index (χ3n) is 2.94. The normalized spacial score (nSPS) is 21.6. The largest absolute Gasteiger partial charge is 0.496 e. The van der Waals surface area contributed by atoms with Gasteiger partial charge in [-0.25, -0.2) is 0 Å². The van der Waals surface area contributed by atoms with Crippen LogP contribution in [0.15, 0.2) is 22.7 Å². The Morgan fingerprint density at radius 3 is 3.00 bits per heavy atom. The van der Waals surface area contributed by atoms with Crippen molar-refractivity contribution in [2.24, 2.45) is 0 Å². The molecule has 0 spiro atoms. The molecule has 2 unspecified atom stereocenters. The summed E-state index contributed by atoms with van der Waals surface area (Å²) in [6.45, 7) is 1.58. The summed E-state index contributed by atoms with van der Waals surface area (Å²) in [4.78, 5) is 0. The highest BCUT2D eigenvalue weighted by Crippen LogP contribution is 2.25. The van der Waals surface area contributed by atoms with E-state index < -0.39 is 6.10 Å². The smallest absolute Gasteiger partial charge is 0.122 e. The molecule has 100 valence electrons. The van der Waals surface area contributed by atoms with Gasteiger partial charge in [-0.1, -0.05) is 15.9 Å². The summed E-state index contributed by atoms with van der Waals surface area (Å²) in [6.07, 6.45) is -0.368. The summed E-state index contributed by atoms with van der Waals surface area (Å²) in [7, 11) is 1.62. The number of hydrogen-bond acceptors (Lipinski definition) is 4. The SMILES string of the molecule is COc1ccc(Br)cc1CC(O)C1COCCO1. The Labute approximate surface area is 115 Å². The van der Waals surface area contributed by atoms with E-state index in [1.807, 2.05) is 18.2 Å². The van der Waals surface area contributed by atoms with E-state index in [4.69, 9.17) is 14.2 Å². The number of aliphatic hydroxyl groups excluding tert-OH is 1. The first-order chi connectivity index (χ1) is 8.70. The lowest BCUT2D eigenvalue weighted by Crippen LogP contribution is -2.39. The summed E-state index contributed by atoms with van der Waals surface area (Å²) in [5.74, 6) is 0.772. The lowest BCUT2D eigenvalue weighted by atomic mass is 10.0. The second kappa shape index (κ2) is 6.52. The van der Waals surface area contributed by atoms with Crippen molar-refractivity contribution in [3.05, 3.63) is 28.2 Å². The maximum absolute atomic E-state index is 10.2. The molecule has 0 aromatic heterocycles. The van der Waals surface area contributed by atoms with E-state index in [-0.39, 0.29) is 6.10 Å². The Balaban J connectivity index is 2.05. The lowest BCUT2D eigenvalue weighted by molar-refractivity contribution is -0.131. The maximum Gasteiger partial charge on any atom is 0.122 e. The highest BCUT2D eigenvalue weighted by atomic mass is 79.9. The molecule has 0 aliphatic carbocycles. The Morgan fingerprint density at radius 1 is 1.50 bits per heavy atom. The van der Waals surface area contributed by atoms with Crippen LogP contribution >= 0.6 is 15.9 Å². The van der Waals surface area contributed by atoms with Crippen LogP contribution in [0.4, 0.5) is 0 Å². The van der Waals surface area contributed by atoms with E-state index in [2.05, 4.69) is 15.9 Å². The summed E-state index contributed by atoms with van der Waals surface area (Å²) in [6, 6.07) is 5.74. The van der Waals surface area contributed by atoms with Gasteiger partial charge in [0.05, 0.1) is 33.0 Å². The van der Waals surface area contributed by atoms with E-state index in [9.17, 15) is 5.11 Å². The molecule has 2 rings (SSSR count). The third-order valence-corrected chi connectivity index (χ3v) is 3.44. The molecular weight excluding hydrogens is 300 g/mol. The monoisotopic (exact) mass is 316 g/mol. The molecular formula is C13H17BrO4.